The number of nitrogens with zero attached hydrogens (tertiary/aromatic N) is 4. The molecule has 11 nitrogen and oxygen atoms in total. The number of hydrogen-bond donors (Lipinski definition) is 5. The van der Waals surface area contributed by atoms with E-state index < -0.39 is 17.9 Å². The van der Waals surface area contributed by atoms with Crippen molar-refractivity contribution in [3.05, 3.63) is 41.7 Å². The smallest absolute Gasteiger partial charge is 0.326 e. The van der Waals surface area contributed by atoms with Crippen LogP contribution in [0.15, 0.2) is 30.5 Å². The van der Waals surface area contributed by atoms with Crippen LogP contribution in [0, 0.1) is 5.41 Å². The summed E-state index contributed by atoms with van der Waals surface area (Å²) >= 11 is 0. The SMILES string of the molecule is CCC(C)(C)CCC[C@H](NC(=O)c1ccc(NCc2cnc3nc(N)nc(N)c3n2)cc1)C(=O)O. The maximum absolute atomic E-state index is 12.6. The number of fused-ring (bicyclic) bond motifs is 1. The van der Waals surface area contributed by atoms with Crippen molar-refractivity contribution < 1.29 is 14.7 Å². The molecule has 2 heterocycles. The molecule has 186 valence electrons. The first kappa shape index (κ1) is 25.6. The first-order valence-electron chi connectivity index (χ1n) is 11.5. The highest BCUT2D eigenvalue weighted by atomic mass is 16.4. The van der Waals surface area contributed by atoms with Crippen molar-refractivity contribution in [2.45, 2.75) is 59.0 Å². The molecule has 0 spiro atoms. The van der Waals surface area contributed by atoms with E-state index in [2.05, 4.69) is 51.3 Å². The minimum Gasteiger partial charge on any atom is -0.480 e. The van der Waals surface area contributed by atoms with Gasteiger partial charge in [0.25, 0.3) is 5.91 Å². The van der Waals surface area contributed by atoms with Crippen molar-refractivity contribution >= 4 is 40.5 Å². The highest BCUT2D eigenvalue weighted by molar-refractivity contribution is 5.96. The van der Waals surface area contributed by atoms with Crippen molar-refractivity contribution in [3.63, 3.8) is 0 Å². The number of hydrogen-bond acceptors (Lipinski definition) is 9. The molecule has 11 heteroatoms. The summed E-state index contributed by atoms with van der Waals surface area (Å²) in [5.41, 5.74) is 14.0. The van der Waals surface area contributed by atoms with Gasteiger partial charge in [-0.25, -0.2) is 14.8 Å². The van der Waals surface area contributed by atoms with E-state index >= 15 is 0 Å². The number of nitrogens with two attached hydrogens (primary N) is 2. The summed E-state index contributed by atoms with van der Waals surface area (Å²) in [4.78, 5) is 40.8. The summed E-state index contributed by atoms with van der Waals surface area (Å²) in [6.07, 6.45) is 4.60. The van der Waals surface area contributed by atoms with Gasteiger partial charge in [0.2, 0.25) is 5.95 Å². The molecule has 3 rings (SSSR count). The third kappa shape index (κ3) is 6.98. The second-order valence-corrected chi connectivity index (χ2v) is 9.21. The summed E-state index contributed by atoms with van der Waals surface area (Å²) in [7, 11) is 0. The lowest BCUT2D eigenvalue weighted by molar-refractivity contribution is -0.139. The molecule has 0 fully saturated rings. The van der Waals surface area contributed by atoms with Gasteiger partial charge in [-0.1, -0.05) is 33.6 Å². The Morgan fingerprint density at radius 1 is 1.11 bits per heavy atom. The average Bonchev–Trinajstić information content (AvgIpc) is 2.82. The number of carboxylic acid groups (broad SMARTS) is 1. The van der Waals surface area contributed by atoms with Crippen LogP contribution in [0.5, 0.6) is 0 Å². The fraction of sp³-hybridized carbons (Fsp3) is 0.417. The van der Waals surface area contributed by atoms with Crippen LogP contribution in [-0.2, 0) is 11.3 Å². The van der Waals surface area contributed by atoms with Crippen LogP contribution < -0.4 is 22.1 Å². The Morgan fingerprint density at radius 3 is 2.49 bits per heavy atom. The van der Waals surface area contributed by atoms with Gasteiger partial charge in [-0.05, 0) is 42.5 Å². The van der Waals surface area contributed by atoms with E-state index in [4.69, 9.17) is 11.5 Å². The van der Waals surface area contributed by atoms with Crippen molar-refractivity contribution in [3.8, 4) is 0 Å². The highest BCUT2D eigenvalue weighted by Gasteiger charge is 2.22. The molecular formula is C24H32N8O3. The lowest BCUT2D eigenvalue weighted by Crippen LogP contribution is -2.40. The van der Waals surface area contributed by atoms with Gasteiger partial charge in [-0.3, -0.25) is 4.79 Å². The number of anilines is 3. The number of rotatable bonds is 11. The van der Waals surface area contributed by atoms with Crippen LogP contribution in [0.4, 0.5) is 17.5 Å². The van der Waals surface area contributed by atoms with E-state index in [9.17, 15) is 14.7 Å². The highest BCUT2D eigenvalue weighted by Crippen LogP contribution is 2.27. The second-order valence-electron chi connectivity index (χ2n) is 9.21. The Hall–Kier alpha value is -4.02. The molecule has 2 aromatic heterocycles. The van der Waals surface area contributed by atoms with Crippen molar-refractivity contribution in [1.29, 1.82) is 0 Å². The van der Waals surface area contributed by atoms with Gasteiger partial charge in [-0.15, -0.1) is 0 Å². The Morgan fingerprint density at radius 2 is 1.83 bits per heavy atom. The quantitative estimate of drug-likeness (QED) is 0.273. The Balaban J connectivity index is 1.57. The summed E-state index contributed by atoms with van der Waals surface area (Å²) in [6.45, 7) is 6.78. The fourth-order valence-corrected chi connectivity index (χ4v) is 3.46. The lowest BCUT2D eigenvalue weighted by atomic mass is 9.84. The fourth-order valence-electron chi connectivity index (χ4n) is 3.46. The van der Waals surface area contributed by atoms with Gasteiger partial charge in [0.1, 0.15) is 6.04 Å². The summed E-state index contributed by atoms with van der Waals surface area (Å²) < 4.78 is 0. The summed E-state index contributed by atoms with van der Waals surface area (Å²) in [5, 5.41) is 15.3. The van der Waals surface area contributed by atoms with E-state index in [0.29, 0.717) is 35.4 Å². The van der Waals surface area contributed by atoms with Crippen LogP contribution in [-0.4, -0.2) is 43.0 Å². The zero-order chi connectivity index (χ0) is 25.6. The molecule has 1 aromatic carbocycles. The summed E-state index contributed by atoms with van der Waals surface area (Å²) in [5.74, 6) is -1.26. The lowest BCUT2D eigenvalue weighted by Gasteiger charge is -2.23. The van der Waals surface area contributed by atoms with Crippen LogP contribution in [0.2, 0.25) is 0 Å². The third-order valence-corrected chi connectivity index (χ3v) is 6.03. The third-order valence-electron chi connectivity index (χ3n) is 6.03. The van der Waals surface area contributed by atoms with Crippen molar-refractivity contribution in [1.82, 2.24) is 25.3 Å². The molecule has 35 heavy (non-hydrogen) atoms. The van der Waals surface area contributed by atoms with Crippen LogP contribution in [0.1, 0.15) is 62.5 Å². The Labute approximate surface area is 203 Å². The molecule has 0 bridgehead atoms. The molecule has 1 amide bonds. The zero-order valence-corrected chi connectivity index (χ0v) is 20.2. The van der Waals surface area contributed by atoms with Crippen LogP contribution >= 0.6 is 0 Å². The van der Waals surface area contributed by atoms with Gasteiger partial charge in [0.15, 0.2) is 17.0 Å². The first-order valence-corrected chi connectivity index (χ1v) is 11.5. The minimum absolute atomic E-state index is 0.0365. The standard InChI is InChI=1S/C24H32N8O3/c1-4-24(2,3)11-5-6-17(22(34)35)30-21(33)14-7-9-15(10-8-14)27-12-16-13-28-20-18(29-16)19(25)31-23(26)32-20/h7-10,13,17,27H,4-6,11-12H2,1-3H3,(H,30,33)(H,34,35)(H4,25,26,28,31,32)/t17-/m0/s1. The van der Waals surface area contributed by atoms with Gasteiger partial charge < -0.3 is 27.2 Å². The van der Waals surface area contributed by atoms with Crippen molar-refractivity contribution in [2.75, 3.05) is 16.8 Å². The molecule has 7 N–H and O–H groups in total. The predicted octanol–water partition coefficient (Wildman–Crippen LogP) is 2.99. The molecule has 0 aliphatic carbocycles. The zero-order valence-electron chi connectivity index (χ0n) is 20.2. The molecular weight excluding hydrogens is 448 g/mol. The van der Waals surface area contributed by atoms with Gasteiger partial charge in [-0.2, -0.15) is 9.97 Å². The molecule has 0 unspecified atom stereocenters. The molecule has 0 radical (unpaired) electrons. The largest absolute Gasteiger partial charge is 0.480 e. The Kier molecular flexibility index (Phi) is 8.00. The Bertz CT molecular complexity index is 1200. The number of nitrogen functional groups attached to an aromatic ring is 2. The molecule has 0 saturated heterocycles. The van der Waals surface area contributed by atoms with Gasteiger partial charge in [0, 0.05) is 11.3 Å². The molecule has 0 aliphatic heterocycles. The van der Waals surface area contributed by atoms with E-state index in [1.807, 2.05) is 0 Å². The molecule has 0 saturated carbocycles. The van der Waals surface area contributed by atoms with Crippen molar-refractivity contribution in [2.24, 2.45) is 5.41 Å². The number of carboxylic acids is 1. The number of benzene rings is 1. The number of aliphatic carboxylic acids is 1. The summed E-state index contributed by atoms with van der Waals surface area (Å²) in [6, 6.07) is 5.82. The average molecular weight is 481 g/mol. The number of carbonyl (C=O) groups is 2. The van der Waals surface area contributed by atoms with E-state index in [-0.39, 0.29) is 17.2 Å². The maximum atomic E-state index is 12.6. The van der Waals surface area contributed by atoms with Crippen LogP contribution in [0.25, 0.3) is 11.2 Å². The monoisotopic (exact) mass is 480 g/mol. The molecule has 3 aromatic rings. The second kappa shape index (κ2) is 10.9. The topological polar surface area (TPSA) is 182 Å². The number of amides is 1. The minimum atomic E-state index is -1.03. The van der Waals surface area contributed by atoms with E-state index in [1.54, 1.807) is 30.5 Å². The molecule has 0 aliphatic rings. The maximum Gasteiger partial charge on any atom is 0.326 e. The van der Waals surface area contributed by atoms with E-state index in [1.165, 1.54) is 0 Å². The number of nitrogens with one attached hydrogen (secondary N) is 2. The van der Waals surface area contributed by atoms with Crippen LogP contribution in [0.3, 0.4) is 0 Å². The molecule has 1 atom stereocenters. The predicted molar refractivity (Wildman–Crippen MR) is 135 cm³/mol. The first-order chi connectivity index (χ1) is 16.6. The van der Waals surface area contributed by atoms with E-state index in [0.717, 1.165) is 24.9 Å². The van der Waals surface area contributed by atoms with Gasteiger partial charge >= 0.3 is 5.97 Å². The number of carbonyl (C=O) groups excluding carboxylic acids is 1. The number of aromatic nitrogens is 4. The van der Waals surface area contributed by atoms with Gasteiger partial charge in [0.05, 0.1) is 18.4 Å². The normalized spacial score (nSPS) is 12.3.